The summed E-state index contributed by atoms with van der Waals surface area (Å²) in [6.45, 7) is 4.60. The second-order valence-corrected chi connectivity index (χ2v) is 16.0. The molecule has 4 heteroatoms. The molecule has 12 rings (SSSR count). The Balaban J connectivity index is 1.08. The number of rotatable bonds is 4. The van der Waals surface area contributed by atoms with Crippen LogP contribution in [0.15, 0.2) is 180 Å². The highest BCUT2D eigenvalue weighted by Gasteiger charge is 2.36. The summed E-state index contributed by atoms with van der Waals surface area (Å²) >= 11 is 0. The standard InChI is InChI=1S/C54H35N3O/c1-54(2)46-17-9-8-15-41(46)44-30-45-49(31-47(44)54)58-48-18-10-16-42(50(45)48)53-56-51(36-22-19-33(20-23-36)32-11-4-3-5-12-32)55-52(57-53)37-24-21-35-26-27-39-38-14-7-6-13-34(38)25-28-40(39)43(35)29-37/h3-31H,1-2H3. The molecule has 0 atom stereocenters. The van der Waals surface area contributed by atoms with Gasteiger partial charge in [-0.25, -0.2) is 15.0 Å². The molecule has 0 N–H and O–H groups in total. The molecule has 4 nitrogen and oxygen atoms in total. The Hall–Kier alpha value is -7.43. The average molecular weight is 742 g/mol. The highest BCUT2D eigenvalue weighted by atomic mass is 16.3. The minimum absolute atomic E-state index is 0.131. The molecule has 58 heavy (non-hydrogen) atoms. The lowest BCUT2D eigenvalue weighted by Gasteiger charge is -2.21. The summed E-state index contributed by atoms with van der Waals surface area (Å²) in [6.07, 6.45) is 0. The van der Waals surface area contributed by atoms with Crippen LogP contribution in [0.3, 0.4) is 0 Å². The zero-order valence-electron chi connectivity index (χ0n) is 32.0. The minimum Gasteiger partial charge on any atom is -0.456 e. The molecule has 0 radical (unpaired) electrons. The highest BCUT2D eigenvalue weighted by Crippen LogP contribution is 2.51. The van der Waals surface area contributed by atoms with Crippen LogP contribution in [-0.4, -0.2) is 15.0 Å². The number of benzene rings is 9. The van der Waals surface area contributed by atoms with E-state index in [9.17, 15) is 0 Å². The predicted octanol–water partition coefficient (Wildman–Crippen LogP) is 14.2. The quantitative estimate of drug-likeness (QED) is 0.169. The number of fused-ring (bicyclic) bond motifs is 11. The van der Waals surface area contributed by atoms with Crippen LogP contribution in [0.2, 0.25) is 0 Å². The molecule has 11 aromatic rings. The molecular weight excluding hydrogens is 707 g/mol. The van der Waals surface area contributed by atoms with Crippen molar-refractivity contribution in [1.29, 1.82) is 0 Å². The van der Waals surface area contributed by atoms with E-state index in [-0.39, 0.29) is 5.41 Å². The van der Waals surface area contributed by atoms with Crippen molar-refractivity contribution >= 4 is 54.3 Å². The molecule has 1 aliphatic rings. The van der Waals surface area contributed by atoms with E-state index in [2.05, 4.69) is 172 Å². The second-order valence-electron chi connectivity index (χ2n) is 16.0. The van der Waals surface area contributed by atoms with E-state index in [0.717, 1.165) is 49.6 Å². The predicted molar refractivity (Wildman–Crippen MR) is 239 cm³/mol. The number of furan rings is 1. The van der Waals surface area contributed by atoms with Crippen LogP contribution in [0.5, 0.6) is 0 Å². The van der Waals surface area contributed by atoms with E-state index in [0.29, 0.717) is 17.5 Å². The van der Waals surface area contributed by atoms with Crippen molar-refractivity contribution in [3.8, 4) is 56.4 Å². The van der Waals surface area contributed by atoms with Gasteiger partial charge in [0.1, 0.15) is 11.2 Å². The van der Waals surface area contributed by atoms with Gasteiger partial charge in [-0.1, -0.05) is 166 Å². The Bertz CT molecular complexity index is 3470. The van der Waals surface area contributed by atoms with Crippen LogP contribution in [0.1, 0.15) is 25.0 Å². The molecule has 0 unspecified atom stereocenters. The molecule has 0 saturated heterocycles. The van der Waals surface area contributed by atoms with Gasteiger partial charge >= 0.3 is 0 Å². The fourth-order valence-corrected chi connectivity index (χ4v) is 9.36. The maximum Gasteiger partial charge on any atom is 0.164 e. The zero-order chi connectivity index (χ0) is 38.5. The van der Waals surface area contributed by atoms with E-state index in [1.807, 2.05) is 18.2 Å². The molecule has 1 aliphatic carbocycles. The average Bonchev–Trinajstić information content (AvgIpc) is 3.76. The Labute approximate surface area is 335 Å². The van der Waals surface area contributed by atoms with E-state index >= 15 is 0 Å². The molecule has 2 heterocycles. The minimum atomic E-state index is -0.131. The maximum absolute atomic E-state index is 6.67. The highest BCUT2D eigenvalue weighted by molar-refractivity contribution is 6.18. The molecule has 0 fully saturated rings. The monoisotopic (exact) mass is 741 g/mol. The van der Waals surface area contributed by atoms with Crippen LogP contribution in [-0.2, 0) is 5.41 Å². The Kier molecular flexibility index (Phi) is 6.94. The van der Waals surface area contributed by atoms with Gasteiger partial charge in [0.05, 0.1) is 0 Å². The summed E-state index contributed by atoms with van der Waals surface area (Å²) in [5.41, 5.74) is 11.7. The molecule has 0 spiro atoms. The van der Waals surface area contributed by atoms with Gasteiger partial charge in [-0.2, -0.15) is 0 Å². The normalized spacial score (nSPS) is 13.1. The fourth-order valence-electron chi connectivity index (χ4n) is 9.36. The lowest BCUT2D eigenvalue weighted by molar-refractivity contribution is 0.647. The first-order chi connectivity index (χ1) is 28.5. The first-order valence-electron chi connectivity index (χ1n) is 19.8. The summed E-state index contributed by atoms with van der Waals surface area (Å²) in [5.74, 6) is 1.84. The van der Waals surface area contributed by atoms with Crippen molar-refractivity contribution in [2.75, 3.05) is 0 Å². The summed E-state index contributed by atoms with van der Waals surface area (Å²) < 4.78 is 6.67. The number of aromatic nitrogens is 3. The van der Waals surface area contributed by atoms with Crippen LogP contribution in [0, 0.1) is 0 Å². The second kappa shape index (κ2) is 12.3. The van der Waals surface area contributed by atoms with E-state index in [1.165, 1.54) is 54.7 Å². The van der Waals surface area contributed by atoms with Gasteiger partial charge in [-0.3, -0.25) is 0 Å². The number of hydrogen-bond donors (Lipinski definition) is 0. The summed E-state index contributed by atoms with van der Waals surface area (Å²) in [6, 6.07) is 62.5. The Morgan fingerprint density at radius 1 is 0.362 bits per heavy atom. The van der Waals surface area contributed by atoms with Crippen molar-refractivity contribution in [2.24, 2.45) is 0 Å². The van der Waals surface area contributed by atoms with Crippen molar-refractivity contribution in [3.05, 3.63) is 187 Å². The molecule has 272 valence electrons. The summed E-state index contributed by atoms with van der Waals surface area (Å²) in [4.78, 5) is 15.8. The third kappa shape index (κ3) is 4.91. The first kappa shape index (κ1) is 32.8. The van der Waals surface area contributed by atoms with Crippen molar-refractivity contribution in [2.45, 2.75) is 19.3 Å². The third-order valence-electron chi connectivity index (χ3n) is 12.3. The summed E-state index contributed by atoms with van der Waals surface area (Å²) in [5, 5.41) is 9.30. The maximum atomic E-state index is 6.67. The van der Waals surface area contributed by atoms with Gasteiger partial charge in [0.15, 0.2) is 17.5 Å². The Morgan fingerprint density at radius 2 is 0.983 bits per heavy atom. The topological polar surface area (TPSA) is 51.8 Å². The van der Waals surface area contributed by atoms with Gasteiger partial charge in [0.2, 0.25) is 0 Å². The van der Waals surface area contributed by atoms with Crippen LogP contribution in [0.4, 0.5) is 0 Å². The lowest BCUT2D eigenvalue weighted by atomic mass is 9.82. The van der Waals surface area contributed by atoms with Crippen molar-refractivity contribution in [3.63, 3.8) is 0 Å². The molecule has 0 aliphatic heterocycles. The van der Waals surface area contributed by atoms with Gasteiger partial charge in [0.25, 0.3) is 0 Å². The molecule has 0 amide bonds. The van der Waals surface area contributed by atoms with E-state index in [1.54, 1.807) is 0 Å². The van der Waals surface area contributed by atoms with Crippen LogP contribution >= 0.6 is 0 Å². The van der Waals surface area contributed by atoms with Gasteiger partial charge < -0.3 is 4.42 Å². The number of nitrogens with zero attached hydrogens (tertiary/aromatic N) is 3. The smallest absolute Gasteiger partial charge is 0.164 e. The molecule has 0 saturated carbocycles. The Morgan fingerprint density at radius 3 is 1.83 bits per heavy atom. The molecule has 9 aromatic carbocycles. The largest absolute Gasteiger partial charge is 0.456 e. The first-order valence-corrected chi connectivity index (χ1v) is 19.8. The molecule has 2 aromatic heterocycles. The SMILES string of the molecule is CC1(C)c2ccccc2-c2cc3c(cc21)oc1cccc(-c2nc(-c4ccc(-c5ccccc5)cc4)nc(-c4ccc5ccc6c7ccccc7ccc6c5c4)n2)c13. The molecular formula is C54H35N3O. The van der Waals surface area contributed by atoms with Gasteiger partial charge in [-0.05, 0) is 90.0 Å². The number of hydrogen-bond acceptors (Lipinski definition) is 4. The van der Waals surface area contributed by atoms with Gasteiger partial charge in [0, 0.05) is 32.9 Å². The van der Waals surface area contributed by atoms with E-state index < -0.39 is 0 Å². The van der Waals surface area contributed by atoms with Crippen LogP contribution < -0.4 is 0 Å². The summed E-state index contributed by atoms with van der Waals surface area (Å²) in [7, 11) is 0. The third-order valence-corrected chi connectivity index (χ3v) is 12.3. The van der Waals surface area contributed by atoms with Gasteiger partial charge in [-0.15, -0.1) is 0 Å². The van der Waals surface area contributed by atoms with Crippen molar-refractivity contribution in [1.82, 2.24) is 15.0 Å². The lowest BCUT2D eigenvalue weighted by Crippen LogP contribution is -2.14. The van der Waals surface area contributed by atoms with Crippen LogP contribution in [0.25, 0.3) is 111 Å². The van der Waals surface area contributed by atoms with Crippen molar-refractivity contribution < 1.29 is 4.42 Å². The molecule has 0 bridgehead atoms. The zero-order valence-corrected chi connectivity index (χ0v) is 32.0. The van der Waals surface area contributed by atoms with E-state index in [4.69, 9.17) is 19.4 Å². The fraction of sp³-hybridized carbons (Fsp3) is 0.0556.